The lowest BCUT2D eigenvalue weighted by molar-refractivity contribution is -0.260. The number of carbonyl (C=O) groups excluding carboxylic acids is 2. The molecular weight excluding hydrogens is 702 g/mol. The topological polar surface area (TPSA) is 179 Å². The number of aryl methyl sites for hydroxylation is 1. The van der Waals surface area contributed by atoms with Gasteiger partial charge in [-0.25, -0.2) is 9.48 Å². The molecular formula is C42H59N5O8. The van der Waals surface area contributed by atoms with Gasteiger partial charge in [0.25, 0.3) is 5.56 Å². The monoisotopic (exact) mass is 761 g/mol. The van der Waals surface area contributed by atoms with Gasteiger partial charge in [-0.15, -0.1) is 5.10 Å². The third-order valence-corrected chi connectivity index (χ3v) is 16.9. The Morgan fingerprint density at radius 2 is 1.82 bits per heavy atom. The van der Waals surface area contributed by atoms with Gasteiger partial charge >= 0.3 is 11.7 Å². The van der Waals surface area contributed by atoms with Crippen molar-refractivity contribution in [3.63, 3.8) is 0 Å². The molecule has 2 aromatic heterocycles. The molecule has 55 heavy (non-hydrogen) atoms. The average Bonchev–Trinajstić information content (AvgIpc) is 3.89. The minimum atomic E-state index is -0.725. The van der Waals surface area contributed by atoms with Crippen molar-refractivity contribution >= 4 is 11.8 Å². The molecule has 0 radical (unpaired) electrons. The highest BCUT2D eigenvalue weighted by Gasteiger charge is 2.73. The number of carbonyl (C=O) groups is 2. The zero-order chi connectivity index (χ0) is 39.4. The van der Waals surface area contributed by atoms with E-state index in [9.17, 15) is 29.4 Å². The van der Waals surface area contributed by atoms with Crippen molar-refractivity contribution in [1.29, 1.82) is 0 Å². The van der Waals surface area contributed by atoms with Crippen molar-refractivity contribution in [2.45, 2.75) is 137 Å². The first-order valence-corrected chi connectivity index (χ1v) is 20.5. The van der Waals surface area contributed by atoms with E-state index in [0.717, 1.165) is 44.1 Å². The summed E-state index contributed by atoms with van der Waals surface area (Å²) in [6.07, 6.45) is 8.73. The molecule has 300 valence electrons. The fraction of sp³-hybridized carbons (Fsp3) is 0.762. The highest BCUT2D eigenvalue weighted by atomic mass is 16.5. The molecule has 1 aliphatic heterocycles. The summed E-state index contributed by atoms with van der Waals surface area (Å²) < 4.78 is 15.1. The van der Waals surface area contributed by atoms with Crippen molar-refractivity contribution in [3.8, 4) is 0 Å². The summed E-state index contributed by atoms with van der Waals surface area (Å²) in [7, 11) is 0. The lowest BCUT2D eigenvalue weighted by atomic mass is 9.32. The molecule has 14 atom stereocenters. The van der Waals surface area contributed by atoms with Crippen LogP contribution < -0.4 is 11.2 Å². The lowest BCUT2D eigenvalue weighted by Crippen LogP contribution is -2.69. The first-order valence-electron chi connectivity index (χ1n) is 20.5. The van der Waals surface area contributed by atoms with E-state index in [4.69, 9.17) is 9.47 Å². The molecule has 6 fully saturated rings. The summed E-state index contributed by atoms with van der Waals surface area (Å²) in [6.45, 7) is 17.1. The van der Waals surface area contributed by atoms with E-state index in [-0.39, 0.29) is 70.9 Å². The van der Waals surface area contributed by atoms with E-state index >= 15 is 0 Å². The van der Waals surface area contributed by atoms with Crippen molar-refractivity contribution in [2.24, 2.45) is 57.2 Å². The third kappa shape index (κ3) is 5.56. The molecule has 6 aliphatic rings. The number of rotatable bonds is 7. The number of aliphatic hydroxyl groups excluding tert-OH is 2. The van der Waals surface area contributed by atoms with E-state index < -0.39 is 41.1 Å². The quantitative estimate of drug-likeness (QED) is 0.262. The van der Waals surface area contributed by atoms with Crippen LogP contribution in [-0.4, -0.2) is 65.3 Å². The number of allylic oxidation sites excluding steroid dienone is 1. The maximum atomic E-state index is 14.6. The molecule has 3 heterocycles. The smallest absolute Gasteiger partial charge is 0.330 e. The lowest BCUT2D eigenvalue weighted by Gasteiger charge is -2.72. The number of hydrogen-bond acceptors (Lipinski definition) is 10. The Morgan fingerprint density at radius 1 is 1.05 bits per heavy atom. The molecule has 0 unspecified atom stereocenters. The van der Waals surface area contributed by atoms with Crippen LogP contribution in [0.1, 0.15) is 122 Å². The molecule has 0 bridgehead atoms. The zero-order valence-corrected chi connectivity index (χ0v) is 33.3. The van der Waals surface area contributed by atoms with Gasteiger partial charge in [0.05, 0.1) is 30.4 Å². The van der Waals surface area contributed by atoms with Crippen molar-refractivity contribution < 1.29 is 29.3 Å². The average molecular weight is 762 g/mol. The number of nitrogens with one attached hydrogen (secondary N) is 1. The zero-order valence-electron chi connectivity index (χ0n) is 33.3. The van der Waals surface area contributed by atoms with Gasteiger partial charge in [0.15, 0.2) is 0 Å². The van der Waals surface area contributed by atoms with Crippen molar-refractivity contribution in [3.05, 3.63) is 56.6 Å². The minimum Gasteiger partial charge on any atom is -0.459 e. The van der Waals surface area contributed by atoms with Gasteiger partial charge in [0, 0.05) is 30.5 Å². The van der Waals surface area contributed by atoms with E-state index in [1.807, 2.05) is 0 Å². The number of esters is 1. The Labute approximate surface area is 322 Å². The molecule has 5 aliphatic carbocycles. The number of fused-ring (bicyclic) bond motifs is 7. The van der Waals surface area contributed by atoms with Gasteiger partial charge in [-0.3, -0.25) is 23.9 Å². The molecule has 1 saturated heterocycles. The van der Waals surface area contributed by atoms with Crippen LogP contribution in [0.2, 0.25) is 0 Å². The maximum absolute atomic E-state index is 14.6. The van der Waals surface area contributed by atoms with Crippen LogP contribution in [0.15, 0.2) is 34.1 Å². The van der Waals surface area contributed by atoms with Gasteiger partial charge in [-0.05, 0) is 111 Å². The van der Waals surface area contributed by atoms with Crippen LogP contribution in [0.5, 0.6) is 0 Å². The summed E-state index contributed by atoms with van der Waals surface area (Å²) in [5, 5.41) is 31.1. The Kier molecular flexibility index (Phi) is 9.32. The van der Waals surface area contributed by atoms with Gasteiger partial charge in [-0.1, -0.05) is 45.1 Å². The van der Waals surface area contributed by atoms with Crippen LogP contribution in [-0.2, 0) is 25.7 Å². The first kappa shape index (κ1) is 38.5. The Hall–Kier alpha value is -3.42. The number of aromatic nitrogens is 5. The van der Waals surface area contributed by atoms with Crippen LogP contribution in [0.25, 0.3) is 0 Å². The number of aromatic amines is 1. The maximum Gasteiger partial charge on any atom is 0.330 e. The van der Waals surface area contributed by atoms with Crippen LogP contribution in [0.3, 0.4) is 0 Å². The number of ether oxygens (including phenoxy) is 2. The van der Waals surface area contributed by atoms with Gasteiger partial charge in [-0.2, -0.15) is 0 Å². The molecule has 0 aromatic carbocycles. The standard InChI is InChI=1S/C42H59N5O8/c1-22(2)26-8-13-42(15-14-40(6)28(34(26)42)16-31(50)35-39(5)11-10-30(49)24(4)27(39)9-12-41(35,40)7)37(52)54-21-25-19-47(45-44-25)29-17-33(55-32(29)20-48)46-18-23(3)36(51)43-38(46)53/h18-19,24,26-29,31-35,48,50H,1,8-17,20-21H2,2-7H3,(H,43,51,53)/t24-,26-,27-,28+,29-,31+,32+,33+,34+,35+,39-,40+,41+,42-/m0/s1. The first-order chi connectivity index (χ1) is 26.0. The molecule has 3 N–H and O–H groups in total. The number of ketones is 1. The molecule has 8 rings (SSSR count). The fourth-order valence-electron chi connectivity index (χ4n) is 13.9. The Morgan fingerprint density at radius 3 is 2.55 bits per heavy atom. The number of nitrogens with zero attached hydrogens (tertiary/aromatic N) is 4. The largest absolute Gasteiger partial charge is 0.459 e. The third-order valence-electron chi connectivity index (χ3n) is 16.9. The normalized spacial score (nSPS) is 43.6. The van der Waals surface area contributed by atoms with Crippen molar-refractivity contribution in [1.82, 2.24) is 24.5 Å². The Bertz CT molecular complexity index is 2010. The van der Waals surface area contributed by atoms with Crippen LogP contribution in [0.4, 0.5) is 0 Å². The van der Waals surface area contributed by atoms with E-state index in [2.05, 4.69) is 56.5 Å². The van der Waals surface area contributed by atoms with E-state index in [1.165, 1.54) is 10.8 Å². The molecule has 0 amide bonds. The minimum absolute atomic E-state index is 0.00500. The second-order valence-electron chi connectivity index (χ2n) is 19.2. The predicted octanol–water partition coefficient (Wildman–Crippen LogP) is 4.81. The second kappa shape index (κ2) is 13.3. The molecule has 0 spiro atoms. The van der Waals surface area contributed by atoms with E-state index in [0.29, 0.717) is 42.7 Å². The number of Topliss-reactive ketones (excluding diaryl/α,β-unsaturated/α-hetero) is 1. The highest BCUT2D eigenvalue weighted by molar-refractivity contribution is 5.82. The summed E-state index contributed by atoms with van der Waals surface area (Å²) >= 11 is 0. The van der Waals surface area contributed by atoms with Crippen LogP contribution in [0, 0.1) is 64.1 Å². The molecule has 5 saturated carbocycles. The summed E-state index contributed by atoms with van der Waals surface area (Å²) in [5.41, 5.74) is -0.201. The molecule has 13 nitrogen and oxygen atoms in total. The van der Waals surface area contributed by atoms with Gasteiger partial charge in [0.1, 0.15) is 30.4 Å². The SMILES string of the molecule is C=C(C)[C@@H]1CC[C@]2(C(=O)OCc3cn([C@H]4C[C@H](n5cc(C)c(=O)[nH]c5=O)O[C@@H]4CO)nn3)CC[C@]3(C)[C@H](C[C@@H](O)[C@@H]4[C@@]5(C)CCC(=O)[C@@H](C)[C@@H]5CC[C@]43C)[C@@H]12. The number of H-pyrrole nitrogens is 1. The van der Waals surface area contributed by atoms with Crippen LogP contribution >= 0.6 is 0 Å². The van der Waals surface area contributed by atoms with E-state index in [1.54, 1.807) is 17.8 Å². The van der Waals surface area contributed by atoms with Gasteiger partial charge in [0.2, 0.25) is 0 Å². The molecule has 2 aromatic rings. The fourth-order valence-corrected chi connectivity index (χ4v) is 13.9. The van der Waals surface area contributed by atoms with Crippen molar-refractivity contribution in [2.75, 3.05) is 6.61 Å². The molecule has 13 heteroatoms. The summed E-state index contributed by atoms with van der Waals surface area (Å²) in [5.74, 6) is 0.802. The second-order valence-corrected chi connectivity index (χ2v) is 19.2. The number of hydrogen-bond donors (Lipinski definition) is 3. The summed E-state index contributed by atoms with van der Waals surface area (Å²) in [4.78, 5) is 54.3. The summed E-state index contributed by atoms with van der Waals surface area (Å²) in [6, 6.07) is -0.450. The predicted molar refractivity (Wildman–Crippen MR) is 201 cm³/mol. The van der Waals surface area contributed by atoms with Gasteiger partial charge < -0.3 is 19.7 Å². The highest BCUT2D eigenvalue weighted by Crippen LogP contribution is 2.76. The number of aliphatic hydroxyl groups is 2. The Balaban J connectivity index is 1.02.